The second kappa shape index (κ2) is 6.13. The first kappa shape index (κ1) is 14.5. The van der Waals surface area contributed by atoms with Crippen molar-refractivity contribution in [2.75, 3.05) is 12.0 Å². The van der Waals surface area contributed by atoms with Gasteiger partial charge in [0.25, 0.3) is 0 Å². The Kier molecular flexibility index (Phi) is 4.04. The zero-order chi connectivity index (χ0) is 15.5. The summed E-state index contributed by atoms with van der Waals surface area (Å²) in [6.07, 6.45) is 1.84. The number of hydrazone groups is 1. The number of benzene rings is 1. The molecule has 114 valence electrons. The first-order valence-corrected chi connectivity index (χ1v) is 7.51. The van der Waals surface area contributed by atoms with Crippen molar-refractivity contribution in [1.29, 1.82) is 0 Å². The molecular weight excluding hydrogens is 276 g/mol. The van der Waals surface area contributed by atoms with Crippen molar-refractivity contribution >= 4 is 11.5 Å². The molecule has 0 radical (unpaired) electrons. The zero-order valence-corrected chi connectivity index (χ0v) is 13.2. The van der Waals surface area contributed by atoms with Gasteiger partial charge in [0.05, 0.1) is 12.3 Å². The van der Waals surface area contributed by atoms with E-state index in [4.69, 9.17) is 4.74 Å². The number of para-hydroxylation sites is 1. The van der Waals surface area contributed by atoms with Gasteiger partial charge in [-0.3, -0.25) is 5.43 Å². The largest absolute Gasteiger partial charge is 0.493 e. The van der Waals surface area contributed by atoms with E-state index in [1.165, 1.54) is 0 Å². The Labute approximate surface area is 130 Å². The molecule has 0 amide bonds. The number of hydrogen-bond acceptors (Lipinski definition) is 5. The number of rotatable bonds is 2. The van der Waals surface area contributed by atoms with E-state index in [0.717, 1.165) is 59.4 Å². The van der Waals surface area contributed by atoms with Crippen LogP contribution < -0.4 is 10.2 Å². The minimum atomic E-state index is 0.719. The van der Waals surface area contributed by atoms with Crippen LogP contribution >= 0.6 is 0 Å². The summed E-state index contributed by atoms with van der Waals surface area (Å²) in [5, 5.41) is 4.57. The van der Waals surface area contributed by atoms with Crippen LogP contribution in [0.15, 0.2) is 29.4 Å². The molecule has 0 unspecified atom stereocenters. The maximum atomic E-state index is 5.87. The zero-order valence-electron chi connectivity index (χ0n) is 13.2. The van der Waals surface area contributed by atoms with E-state index in [1.807, 2.05) is 26.0 Å². The molecule has 1 aliphatic heterocycles. The van der Waals surface area contributed by atoms with Crippen LogP contribution in [0, 0.1) is 20.8 Å². The lowest BCUT2D eigenvalue weighted by atomic mass is 10.0. The molecule has 0 fully saturated rings. The Morgan fingerprint density at radius 3 is 2.86 bits per heavy atom. The third-order valence-corrected chi connectivity index (χ3v) is 3.60. The summed E-state index contributed by atoms with van der Waals surface area (Å²) >= 11 is 0. The predicted octanol–water partition coefficient (Wildman–Crippen LogP) is 3.39. The molecule has 1 aromatic heterocycles. The Hall–Kier alpha value is -2.43. The molecule has 3 rings (SSSR count). The number of fused-ring (bicyclic) bond motifs is 1. The van der Waals surface area contributed by atoms with Crippen LogP contribution in [0.25, 0.3) is 0 Å². The normalized spacial score (nSPS) is 15.9. The molecule has 5 nitrogen and oxygen atoms in total. The third kappa shape index (κ3) is 3.08. The average molecular weight is 296 g/mol. The fourth-order valence-electron chi connectivity index (χ4n) is 2.63. The van der Waals surface area contributed by atoms with Gasteiger partial charge in [-0.2, -0.15) is 5.10 Å². The molecule has 0 saturated heterocycles. The van der Waals surface area contributed by atoms with E-state index in [1.54, 1.807) is 0 Å². The fourth-order valence-corrected chi connectivity index (χ4v) is 2.63. The van der Waals surface area contributed by atoms with Crippen molar-refractivity contribution in [2.24, 2.45) is 5.10 Å². The topological polar surface area (TPSA) is 59.4 Å². The van der Waals surface area contributed by atoms with Crippen LogP contribution in [0.1, 0.15) is 35.5 Å². The van der Waals surface area contributed by atoms with Gasteiger partial charge in [0.2, 0.25) is 0 Å². The van der Waals surface area contributed by atoms with Crippen LogP contribution in [0.4, 0.5) is 5.82 Å². The van der Waals surface area contributed by atoms with E-state index < -0.39 is 0 Å². The SMILES string of the molecule is Cc1cc(NN=C2CCCOc3c(C)cccc32)nc(C)n1. The van der Waals surface area contributed by atoms with Crippen molar-refractivity contribution in [3.63, 3.8) is 0 Å². The average Bonchev–Trinajstić information content (AvgIpc) is 2.67. The Balaban J connectivity index is 1.92. The Bertz CT molecular complexity index is 704. The van der Waals surface area contributed by atoms with E-state index in [2.05, 4.69) is 39.6 Å². The van der Waals surface area contributed by atoms with Gasteiger partial charge in [-0.15, -0.1) is 0 Å². The highest BCUT2D eigenvalue weighted by atomic mass is 16.5. The van der Waals surface area contributed by atoms with Gasteiger partial charge in [0, 0.05) is 17.3 Å². The lowest BCUT2D eigenvalue weighted by Gasteiger charge is -2.11. The van der Waals surface area contributed by atoms with E-state index >= 15 is 0 Å². The molecule has 0 atom stereocenters. The molecule has 0 saturated carbocycles. The molecular formula is C17H20N4O. The number of ether oxygens (including phenoxy) is 1. The fraction of sp³-hybridized carbons (Fsp3) is 0.353. The van der Waals surface area contributed by atoms with Crippen LogP contribution in [0.5, 0.6) is 5.75 Å². The summed E-state index contributed by atoms with van der Waals surface area (Å²) in [4.78, 5) is 8.63. The van der Waals surface area contributed by atoms with Gasteiger partial charge >= 0.3 is 0 Å². The lowest BCUT2D eigenvalue weighted by Crippen LogP contribution is -2.06. The van der Waals surface area contributed by atoms with Crippen molar-refractivity contribution in [2.45, 2.75) is 33.6 Å². The molecule has 22 heavy (non-hydrogen) atoms. The van der Waals surface area contributed by atoms with Gasteiger partial charge in [-0.25, -0.2) is 9.97 Å². The monoisotopic (exact) mass is 296 g/mol. The first-order chi connectivity index (χ1) is 10.6. The molecule has 0 bridgehead atoms. The Morgan fingerprint density at radius 1 is 1.18 bits per heavy atom. The van der Waals surface area contributed by atoms with Crippen LogP contribution in [-0.2, 0) is 0 Å². The summed E-state index contributed by atoms with van der Waals surface area (Å²) < 4.78 is 5.87. The number of anilines is 1. The van der Waals surface area contributed by atoms with Crippen molar-refractivity contribution in [1.82, 2.24) is 9.97 Å². The molecule has 0 spiro atoms. The highest BCUT2D eigenvalue weighted by Gasteiger charge is 2.16. The minimum absolute atomic E-state index is 0.719. The van der Waals surface area contributed by atoms with E-state index in [0.29, 0.717) is 0 Å². The number of aryl methyl sites for hydroxylation is 3. The molecule has 1 aromatic carbocycles. The maximum absolute atomic E-state index is 5.87. The van der Waals surface area contributed by atoms with Gasteiger partial charge < -0.3 is 4.74 Å². The molecule has 0 aliphatic carbocycles. The number of nitrogens with one attached hydrogen (secondary N) is 1. The molecule has 1 aliphatic rings. The Morgan fingerprint density at radius 2 is 2.05 bits per heavy atom. The van der Waals surface area contributed by atoms with Crippen LogP contribution in [-0.4, -0.2) is 22.3 Å². The highest BCUT2D eigenvalue weighted by molar-refractivity contribution is 6.03. The summed E-state index contributed by atoms with van der Waals surface area (Å²) in [5.74, 6) is 2.40. The summed E-state index contributed by atoms with van der Waals surface area (Å²) in [6, 6.07) is 8.05. The maximum Gasteiger partial charge on any atom is 0.150 e. The smallest absolute Gasteiger partial charge is 0.150 e. The van der Waals surface area contributed by atoms with Crippen molar-refractivity contribution in [3.8, 4) is 5.75 Å². The first-order valence-electron chi connectivity index (χ1n) is 7.51. The van der Waals surface area contributed by atoms with Gasteiger partial charge in [-0.1, -0.05) is 12.1 Å². The second-order valence-electron chi connectivity index (χ2n) is 5.52. The lowest BCUT2D eigenvalue weighted by molar-refractivity contribution is 0.316. The van der Waals surface area contributed by atoms with Crippen molar-refractivity contribution < 1.29 is 4.74 Å². The third-order valence-electron chi connectivity index (χ3n) is 3.60. The second-order valence-corrected chi connectivity index (χ2v) is 5.52. The summed E-state index contributed by atoms with van der Waals surface area (Å²) in [7, 11) is 0. The molecule has 2 aromatic rings. The predicted molar refractivity (Wildman–Crippen MR) is 87.6 cm³/mol. The highest BCUT2D eigenvalue weighted by Crippen LogP contribution is 2.28. The number of hydrogen-bond donors (Lipinski definition) is 1. The summed E-state index contributed by atoms with van der Waals surface area (Å²) in [6.45, 7) is 6.61. The number of nitrogens with zero attached hydrogens (tertiary/aromatic N) is 3. The van der Waals surface area contributed by atoms with Crippen LogP contribution in [0.2, 0.25) is 0 Å². The van der Waals surface area contributed by atoms with Gasteiger partial charge in [-0.05, 0) is 45.2 Å². The van der Waals surface area contributed by atoms with Gasteiger partial charge in [0.1, 0.15) is 17.4 Å². The standard InChI is InChI=1S/C17H20N4O/c1-11-6-4-7-14-15(8-5-9-22-17(11)14)20-21-16-10-12(2)18-13(3)19-16/h4,6-7,10H,5,8-9H2,1-3H3,(H,18,19,21). The van der Waals surface area contributed by atoms with E-state index in [9.17, 15) is 0 Å². The number of aromatic nitrogens is 2. The van der Waals surface area contributed by atoms with Gasteiger partial charge in [0.15, 0.2) is 0 Å². The molecule has 5 heteroatoms. The minimum Gasteiger partial charge on any atom is -0.493 e. The van der Waals surface area contributed by atoms with Crippen LogP contribution in [0.3, 0.4) is 0 Å². The van der Waals surface area contributed by atoms with Crippen molar-refractivity contribution in [3.05, 3.63) is 46.9 Å². The van der Waals surface area contributed by atoms with E-state index in [-0.39, 0.29) is 0 Å². The molecule has 2 heterocycles. The quantitative estimate of drug-likeness (QED) is 0.863. The molecule has 1 N–H and O–H groups in total. The summed E-state index contributed by atoms with van der Waals surface area (Å²) in [5.41, 5.74) is 7.20.